The van der Waals surface area contributed by atoms with Gasteiger partial charge in [0.2, 0.25) is 0 Å². The van der Waals surface area contributed by atoms with Gasteiger partial charge in [0, 0.05) is 17.3 Å². The molecular weight excluding hydrogens is 204 g/mol. The number of carbonyl (C=O) groups excluding carboxylic acids is 1. The van der Waals surface area contributed by atoms with Crippen LogP contribution in [0.3, 0.4) is 0 Å². The normalized spacial score (nSPS) is 10.3. The lowest BCUT2D eigenvalue weighted by Crippen LogP contribution is -2.16. The zero-order valence-electron chi connectivity index (χ0n) is 8.84. The molecule has 0 bridgehead atoms. The molecule has 0 aliphatic rings. The van der Waals surface area contributed by atoms with Crippen LogP contribution in [0.4, 0.5) is 11.5 Å². The van der Waals surface area contributed by atoms with Gasteiger partial charge in [-0.05, 0) is 25.1 Å². The zero-order valence-corrected chi connectivity index (χ0v) is 8.84. The summed E-state index contributed by atoms with van der Waals surface area (Å²) < 4.78 is 1.17. The third-order valence-electron chi connectivity index (χ3n) is 2.19. The number of hydrogen-bond acceptors (Lipinski definition) is 4. The van der Waals surface area contributed by atoms with Gasteiger partial charge in [0.15, 0.2) is 0 Å². The van der Waals surface area contributed by atoms with E-state index in [2.05, 4.69) is 5.10 Å². The minimum atomic E-state index is -0.280. The van der Waals surface area contributed by atoms with Gasteiger partial charge in [-0.2, -0.15) is 9.78 Å². The van der Waals surface area contributed by atoms with Crippen molar-refractivity contribution in [3.8, 4) is 0 Å². The van der Waals surface area contributed by atoms with Gasteiger partial charge in [-0.25, -0.2) is 0 Å². The van der Waals surface area contributed by atoms with Crippen LogP contribution in [0.5, 0.6) is 0 Å². The molecule has 2 aromatic rings. The number of rotatable bonds is 1. The van der Waals surface area contributed by atoms with Gasteiger partial charge in [0.25, 0.3) is 5.91 Å². The molecule has 16 heavy (non-hydrogen) atoms. The van der Waals surface area contributed by atoms with Crippen molar-refractivity contribution in [1.29, 1.82) is 0 Å². The second-order valence-corrected chi connectivity index (χ2v) is 3.55. The topological polar surface area (TPSA) is 86.9 Å². The van der Waals surface area contributed by atoms with Crippen molar-refractivity contribution >= 4 is 17.4 Å². The number of anilines is 2. The summed E-state index contributed by atoms with van der Waals surface area (Å²) >= 11 is 0. The fraction of sp³-hybridized carbons (Fsp3) is 0.0909. The highest BCUT2D eigenvalue weighted by atomic mass is 16.2. The van der Waals surface area contributed by atoms with E-state index in [1.54, 1.807) is 37.3 Å². The van der Waals surface area contributed by atoms with Gasteiger partial charge in [-0.1, -0.05) is 6.07 Å². The summed E-state index contributed by atoms with van der Waals surface area (Å²) in [6.45, 7) is 1.78. The van der Waals surface area contributed by atoms with Crippen molar-refractivity contribution in [2.24, 2.45) is 0 Å². The van der Waals surface area contributed by atoms with Crippen molar-refractivity contribution in [1.82, 2.24) is 9.78 Å². The third-order valence-corrected chi connectivity index (χ3v) is 2.19. The SMILES string of the molecule is Cc1cc(N)n(C(=O)c2cccc(N)c2)n1. The Balaban J connectivity index is 2.43. The van der Waals surface area contributed by atoms with Crippen LogP contribution in [0.15, 0.2) is 30.3 Å². The first-order valence-corrected chi connectivity index (χ1v) is 4.80. The maximum atomic E-state index is 12.0. The van der Waals surface area contributed by atoms with Gasteiger partial charge in [-0.3, -0.25) is 4.79 Å². The number of carbonyl (C=O) groups is 1. The summed E-state index contributed by atoms with van der Waals surface area (Å²) in [5.41, 5.74) is 13.0. The van der Waals surface area contributed by atoms with Crippen LogP contribution in [-0.2, 0) is 0 Å². The van der Waals surface area contributed by atoms with Gasteiger partial charge in [0.05, 0.1) is 5.69 Å². The second kappa shape index (κ2) is 3.69. The lowest BCUT2D eigenvalue weighted by molar-refractivity contribution is 0.0947. The smallest absolute Gasteiger partial charge is 0.280 e. The Labute approximate surface area is 92.7 Å². The van der Waals surface area contributed by atoms with Crippen molar-refractivity contribution in [3.63, 3.8) is 0 Å². The standard InChI is InChI=1S/C11H12N4O/c1-7-5-10(13)15(14-7)11(16)8-3-2-4-9(12)6-8/h2-6H,12-13H2,1H3. The van der Waals surface area contributed by atoms with Crippen LogP contribution < -0.4 is 11.5 Å². The lowest BCUT2D eigenvalue weighted by Gasteiger charge is -2.03. The molecule has 4 N–H and O–H groups in total. The maximum Gasteiger partial charge on any atom is 0.280 e. The van der Waals surface area contributed by atoms with Gasteiger partial charge >= 0.3 is 0 Å². The Morgan fingerprint density at radius 3 is 2.62 bits per heavy atom. The number of benzene rings is 1. The Hall–Kier alpha value is -2.30. The second-order valence-electron chi connectivity index (χ2n) is 3.55. The summed E-state index contributed by atoms with van der Waals surface area (Å²) in [7, 11) is 0. The average molecular weight is 216 g/mol. The van der Waals surface area contributed by atoms with E-state index in [4.69, 9.17) is 11.5 Å². The maximum absolute atomic E-state index is 12.0. The van der Waals surface area contributed by atoms with Crippen LogP contribution in [-0.4, -0.2) is 15.7 Å². The molecule has 0 fully saturated rings. The van der Waals surface area contributed by atoms with Crippen LogP contribution >= 0.6 is 0 Å². The average Bonchev–Trinajstić information content (AvgIpc) is 2.57. The summed E-state index contributed by atoms with van der Waals surface area (Å²) in [5, 5.41) is 4.02. The van der Waals surface area contributed by atoms with E-state index >= 15 is 0 Å². The van der Waals surface area contributed by atoms with Gasteiger partial charge in [0.1, 0.15) is 5.82 Å². The van der Waals surface area contributed by atoms with Gasteiger partial charge in [-0.15, -0.1) is 0 Å². The van der Waals surface area contributed by atoms with E-state index in [1.165, 1.54) is 4.68 Å². The van der Waals surface area contributed by atoms with Crippen LogP contribution in [0, 0.1) is 6.92 Å². The van der Waals surface area contributed by atoms with E-state index < -0.39 is 0 Å². The molecular formula is C11H12N4O. The van der Waals surface area contributed by atoms with Crippen molar-refractivity contribution in [3.05, 3.63) is 41.6 Å². The Kier molecular flexibility index (Phi) is 2.36. The van der Waals surface area contributed by atoms with E-state index in [1.807, 2.05) is 0 Å². The van der Waals surface area contributed by atoms with Crippen LogP contribution in [0.1, 0.15) is 16.1 Å². The largest absolute Gasteiger partial charge is 0.399 e. The number of nitrogens with zero attached hydrogens (tertiary/aromatic N) is 2. The monoisotopic (exact) mass is 216 g/mol. The molecule has 0 unspecified atom stereocenters. The molecule has 0 saturated carbocycles. The first-order valence-electron chi connectivity index (χ1n) is 4.80. The molecule has 1 heterocycles. The highest BCUT2D eigenvalue weighted by Gasteiger charge is 2.12. The highest BCUT2D eigenvalue weighted by molar-refractivity contribution is 5.97. The first kappa shape index (κ1) is 10.2. The van der Waals surface area contributed by atoms with E-state index in [9.17, 15) is 4.79 Å². The molecule has 82 valence electrons. The number of nitrogen functional groups attached to an aromatic ring is 2. The third kappa shape index (κ3) is 1.75. The molecule has 0 aliphatic carbocycles. The molecule has 0 spiro atoms. The molecule has 0 saturated heterocycles. The molecule has 0 radical (unpaired) electrons. The Morgan fingerprint density at radius 2 is 2.06 bits per heavy atom. The van der Waals surface area contributed by atoms with Crippen molar-refractivity contribution < 1.29 is 4.79 Å². The Morgan fingerprint density at radius 1 is 1.31 bits per heavy atom. The fourth-order valence-corrected chi connectivity index (χ4v) is 1.48. The first-order chi connectivity index (χ1) is 7.58. The molecule has 2 rings (SSSR count). The minimum absolute atomic E-state index is 0.280. The molecule has 0 amide bonds. The molecule has 0 atom stereocenters. The molecule has 1 aromatic heterocycles. The lowest BCUT2D eigenvalue weighted by atomic mass is 10.2. The van der Waals surface area contributed by atoms with E-state index in [0.29, 0.717) is 22.8 Å². The molecule has 0 aliphatic heterocycles. The predicted octanol–water partition coefficient (Wildman–Crippen LogP) is 1.04. The van der Waals surface area contributed by atoms with Crippen LogP contribution in [0.25, 0.3) is 0 Å². The summed E-state index contributed by atoms with van der Waals surface area (Å²) in [6, 6.07) is 8.35. The molecule has 5 nitrogen and oxygen atoms in total. The number of aryl methyl sites for hydroxylation is 1. The van der Waals surface area contributed by atoms with Crippen molar-refractivity contribution in [2.75, 3.05) is 11.5 Å². The summed E-state index contributed by atoms with van der Waals surface area (Å²) in [5.74, 6) is 0.0443. The van der Waals surface area contributed by atoms with Crippen molar-refractivity contribution in [2.45, 2.75) is 6.92 Å². The number of nitrogens with two attached hydrogens (primary N) is 2. The predicted molar refractivity (Wildman–Crippen MR) is 62.0 cm³/mol. The fourth-order valence-electron chi connectivity index (χ4n) is 1.48. The quantitative estimate of drug-likeness (QED) is 0.697. The number of aromatic nitrogens is 2. The number of hydrogen-bond donors (Lipinski definition) is 2. The molecule has 5 heteroatoms. The highest BCUT2D eigenvalue weighted by Crippen LogP contribution is 2.12. The zero-order chi connectivity index (χ0) is 11.7. The minimum Gasteiger partial charge on any atom is -0.399 e. The van der Waals surface area contributed by atoms with E-state index in [0.717, 1.165) is 0 Å². The molecule has 1 aromatic carbocycles. The summed E-state index contributed by atoms with van der Waals surface area (Å²) in [6.07, 6.45) is 0. The Bertz CT molecular complexity index is 545. The van der Waals surface area contributed by atoms with Gasteiger partial charge < -0.3 is 11.5 Å². The summed E-state index contributed by atoms with van der Waals surface area (Å²) in [4.78, 5) is 12.0. The van der Waals surface area contributed by atoms with E-state index in [-0.39, 0.29) is 5.91 Å². The van der Waals surface area contributed by atoms with Crippen LogP contribution in [0.2, 0.25) is 0 Å².